The van der Waals surface area contributed by atoms with Crippen LogP contribution in [0.15, 0.2) is 36.0 Å². The molecule has 1 aromatic carbocycles. The van der Waals surface area contributed by atoms with E-state index < -0.39 is 0 Å². The van der Waals surface area contributed by atoms with Crippen LogP contribution in [0.4, 0.5) is 5.69 Å². The summed E-state index contributed by atoms with van der Waals surface area (Å²) in [5.41, 5.74) is 0.667. The van der Waals surface area contributed by atoms with Crippen LogP contribution < -0.4 is 14.8 Å². The van der Waals surface area contributed by atoms with Gasteiger partial charge < -0.3 is 19.4 Å². The highest BCUT2D eigenvalue weighted by Crippen LogP contribution is 2.34. The number of amides is 1. The molecule has 2 heterocycles. The van der Waals surface area contributed by atoms with Crippen LogP contribution in [0.2, 0.25) is 0 Å². The van der Waals surface area contributed by atoms with E-state index in [-0.39, 0.29) is 18.0 Å². The molecule has 0 fully saturated rings. The lowest BCUT2D eigenvalue weighted by atomic mass is 10.2. The van der Waals surface area contributed by atoms with Gasteiger partial charge in [-0.05, 0) is 26.0 Å². The van der Waals surface area contributed by atoms with E-state index in [0.717, 1.165) is 5.82 Å². The Bertz CT molecular complexity index is 775. The summed E-state index contributed by atoms with van der Waals surface area (Å²) in [7, 11) is 0. The molecular weight excluding hydrogens is 328 g/mol. The molecule has 0 bridgehead atoms. The highest BCUT2D eigenvalue weighted by Gasteiger charge is 2.20. The lowest BCUT2D eigenvalue weighted by molar-refractivity contribution is -0.115. The van der Waals surface area contributed by atoms with Gasteiger partial charge in [-0.1, -0.05) is 17.8 Å². The summed E-state index contributed by atoms with van der Waals surface area (Å²) in [6.07, 6.45) is 1.78. The normalized spacial score (nSPS) is 13.6. The third kappa shape index (κ3) is 3.38. The summed E-state index contributed by atoms with van der Waals surface area (Å²) >= 11 is 1.36. The van der Waals surface area contributed by atoms with Gasteiger partial charge in [0.05, 0.1) is 5.25 Å². The first-order chi connectivity index (χ1) is 11.6. The van der Waals surface area contributed by atoms with E-state index in [2.05, 4.69) is 22.1 Å². The second-order valence-electron chi connectivity index (χ2n) is 5.25. The number of hydrogen-bond acceptors (Lipinski definition) is 6. The predicted octanol–water partition coefficient (Wildman–Crippen LogP) is 2.62. The maximum absolute atomic E-state index is 12.4. The summed E-state index contributed by atoms with van der Waals surface area (Å²) in [5, 5.41) is 11.4. The molecular formula is C16H18N4O3S. The zero-order valence-corrected chi connectivity index (χ0v) is 14.3. The third-order valence-corrected chi connectivity index (χ3v) is 4.59. The van der Waals surface area contributed by atoms with Crippen LogP contribution in [-0.4, -0.2) is 32.7 Å². The van der Waals surface area contributed by atoms with E-state index in [9.17, 15) is 4.79 Å². The van der Waals surface area contributed by atoms with E-state index in [1.165, 1.54) is 11.8 Å². The maximum atomic E-state index is 12.4. The maximum Gasteiger partial charge on any atom is 0.237 e. The van der Waals surface area contributed by atoms with Crippen LogP contribution in [0, 0.1) is 6.92 Å². The molecule has 126 valence electrons. The van der Waals surface area contributed by atoms with E-state index in [0.29, 0.717) is 28.9 Å². The molecule has 0 unspecified atom stereocenters. The zero-order valence-electron chi connectivity index (χ0n) is 13.5. The number of aryl methyl sites for hydroxylation is 1. The highest BCUT2D eigenvalue weighted by atomic mass is 32.2. The van der Waals surface area contributed by atoms with Crippen molar-refractivity contribution in [3.8, 4) is 11.5 Å². The van der Waals surface area contributed by atoms with Crippen molar-refractivity contribution in [2.75, 3.05) is 12.1 Å². The number of thioether (sulfide) groups is 1. The Morgan fingerprint density at radius 2 is 2.25 bits per heavy atom. The first-order valence-corrected chi connectivity index (χ1v) is 8.34. The second kappa shape index (κ2) is 6.96. The summed E-state index contributed by atoms with van der Waals surface area (Å²) in [6.45, 7) is 8.25. The van der Waals surface area contributed by atoms with E-state index >= 15 is 0 Å². The van der Waals surface area contributed by atoms with Crippen molar-refractivity contribution >= 4 is 23.4 Å². The summed E-state index contributed by atoms with van der Waals surface area (Å²) < 4.78 is 12.5. The first-order valence-electron chi connectivity index (χ1n) is 7.46. The lowest BCUT2D eigenvalue weighted by Gasteiger charge is -2.12. The van der Waals surface area contributed by atoms with Crippen LogP contribution in [0.3, 0.4) is 0 Å². The number of rotatable bonds is 6. The van der Waals surface area contributed by atoms with Gasteiger partial charge in [-0.2, -0.15) is 0 Å². The molecule has 8 heteroatoms. The minimum atomic E-state index is -0.331. The molecule has 0 saturated heterocycles. The summed E-state index contributed by atoms with van der Waals surface area (Å²) in [6, 6.07) is 5.31. The first kappa shape index (κ1) is 16.4. The number of anilines is 1. The van der Waals surface area contributed by atoms with Crippen molar-refractivity contribution in [1.82, 2.24) is 14.8 Å². The van der Waals surface area contributed by atoms with Gasteiger partial charge in [0.25, 0.3) is 0 Å². The standard InChI is InChI=1S/C16H18N4O3S/c1-4-7-20-11(3)18-19-16(20)24-10(2)15(21)17-12-5-6-13-14(8-12)23-9-22-13/h4-6,8,10H,1,7,9H2,2-3H3,(H,17,21)/t10-/m1/s1. The predicted molar refractivity (Wildman–Crippen MR) is 91.5 cm³/mol. The van der Waals surface area contributed by atoms with Crippen molar-refractivity contribution in [3.05, 3.63) is 36.7 Å². The number of carbonyl (C=O) groups is 1. The quantitative estimate of drug-likeness (QED) is 0.640. The Morgan fingerprint density at radius 1 is 1.46 bits per heavy atom. The van der Waals surface area contributed by atoms with Gasteiger partial charge in [-0.15, -0.1) is 16.8 Å². The molecule has 24 heavy (non-hydrogen) atoms. The van der Waals surface area contributed by atoms with Crippen molar-refractivity contribution in [3.63, 3.8) is 0 Å². The monoisotopic (exact) mass is 346 g/mol. The molecule has 0 spiro atoms. The van der Waals surface area contributed by atoms with Gasteiger partial charge >= 0.3 is 0 Å². The van der Waals surface area contributed by atoms with Crippen molar-refractivity contribution in [1.29, 1.82) is 0 Å². The Morgan fingerprint density at radius 3 is 3.04 bits per heavy atom. The molecule has 1 aliphatic rings. The number of benzene rings is 1. The molecule has 1 atom stereocenters. The molecule has 0 saturated carbocycles. The average Bonchev–Trinajstić information content (AvgIpc) is 3.16. The Kier molecular flexibility index (Phi) is 4.75. The van der Waals surface area contributed by atoms with Gasteiger partial charge in [-0.25, -0.2) is 0 Å². The van der Waals surface area contributed by atoms with Gasteiger partial charge in [-0.3, -0.25) is 4.79 Å². The summed E-state index contributed by atoms with van der Waals surface area (Å²) in [5.74, 6) is 1.99. The topological polar surface area (TPSA) is 78.3 Å². The second-order valence-corrected chi connectivity index (χ2v) is 6.55. The molecule has 0 radical (unpaired) electrons. The number of nitrogens with one attached hydrogen (secondary N) is 1. The smallest absolute Gasteiger partial charge is 0.237 e. The van der Waals surface area contributed by atoms with Crippen molar-refractivity contribution < 1.29 is 14.3 Å². The average molecular weight is 346 g/mol. The number of nitrogens with zero attached hydrogens (tertiary/aromatic N) is 3. The molecule has 2 aromatic rings. The molecule has 3 rings (SSSR count). The fraction of sp³-hybridized carbons (Fsp3) is 0.312. The number of ether oxygens (including phenoxy) is 2. The zero-order chi connectivity index (χ0) is 17.1. The van der Waals surface area contributed by atoms with Crippen LogP contribution >= 0.6 is 11.8 Å². The van der Waals surface area contributed by atoms with E-state index in [1.807, 2.05) is 18.4 Å². The van der Waals surface area contributed by atoms with Crippen LogP contribution in [-0.2, 0) is 11.3 Å². The van der Waals surface area contributed by atoms with Crippen LogP contribution in [0.5, 0.6) is 11.5 Å². The Hall–Kier alpha value is -2.48. The number of fused-ring (bicyclic) bond motifs is 1. The van der Waals surface area contributed by atoms with Crippen LogP contribution in [0.25, 0.3) is 0 Å². The SMILES string of the molecule is C=CCn1c(C)nnc1S[C@H](C)C(=O)Nc1ccc2c(c1)OCO2. The molecule has 1 amide bonds. The molecule has 1 N–H and O–H groups in total. The van der Waals surface area contributed by atoms with Gasteiger partial charge in [0.15, 0.2) is 16.7 Å². The number of allylic oxidation sites excluding steroid dienone is 1. The number of hydrogen-bond donors (Lipinski definition) is 1. The van der Waals surface area contributed by atoms with E-state index in [4.69, 9.17) is 9.47 Å². The fourth-order valence-corrected chi connectivity index (χ4v) is 3.12. The van der Waals surface area contributed by atoms with E-state index in [1.54, 1.807) is 24.3 Å². The number of carbonyl (C=O) groups excluding carboxylic acids is 1. The molecule has 7 nitrogen and oxygen atoms in total. The lowest BCUT2D eigenvalue weighted by Crippen LogP contribution is -2.23. The van der Waals surface area contributed by atoms with Crippen molar-refractivity contribution in [2.45, 2.75) is 30.8 Å². The Balaban J connectivity index is 1.66. The third-order valence-electron chi connectivity index (χ3n) is 3.50. The highest BCUT2D eigenvalue weighted by molar-refractivity contribution is 8.00. The molecule has 1 aromatic heterocycles. The largest absolute Gasteiger partial charge is 0.454 e. The summed E-state index contributed by atoms with van der Waals surface area (Å²) in [4.78, 5) is 12.4. The number of aromatic nitrogens is 3. The van der Waals surface area contributed by atoms with Gasteiger partial charge in [0.2, 0.25) is 12.7 Å². The minimum absolute atomic E-state index is 0.121. The van der Waals surface area contributed by atoms with Gasteiger partial charge in [0, 0.05) is 18.3 Å². The van der Waals surface area contributed by atoms with Crippen molar-refractivity contribution in [2.24, 2.45) is 0 Å². The Labute approximate surface area is 144 Å². The molecule has 0 aliphatic carbocycles. The van der Waals surface area contributed by atoms with Crippen LogP contribution in [0.1, 0.15) is 12.7 Å². The van der Waals surface area contributed by atoms with Gasteiger partial charge in [0.1, 0.15) is 5.82 Å². The molecule has 1 aliphatic heterocycles. The minimum Gasteiger partial charge on any atom is -0.454 e. The fourth-order valence-electron chi connectivity index (χ4n) is 2.22.